The van der Waals surface area contributed by atoms with Crippen molar-refractivity contribution >= 4 is 5.91 Å². The molecular weight excluding hydrogens is 166 g/mol. The van der Waals surface area contributed by atoms with E-state index in [4.69, 9.17) is 4.74 Å². The fraction of sp³-hybridized carbons (Fsp3) is 0.700. The first-order chi connectivity index (χ1) is 6.33. The van der Waals surface area contributed by atoms with Crippen molar-refractivity contribution in [3.8, 4) is 0 Å². The summed E-state index contributed by atoms with van der Waals surface area (Å²) in [6.07, 6.45) is 7.20. The van der Waals surface area contributed by atoms with Crippen molar-refractivity contribution in [2.75, 3.05) is 6.54 Å². The van der Waals surface area contributed by atoms with E-state index in [1.807, 2.05) is 6.08 Å². The Labute approximate surface area is 79.2 Å². The fourth-order valence-corrected chi connectivity index (χ4v) is 1.24. The van der Waals surface area contributed by atoms with Crippen molar-refractivity contribution < 1.29 is 9.53 Å². The number of rotatable bonds is 5. The van der Waals surface area contributed by atoms with Gasteiger partial charge in [0.25, 0.3) is 0 Å². The molecule has 74 valence electrons. The number of unbranched alkanes of at least 4 members (excludes halogenated alkanes) is 1. The Balaban J connectivity index is 2.03. The third kappa shape index (κ3) is 3.97. The summed E-state index contributed by atoms with van der Waals surface area (Å²) in [6.45, 7) is 2.89. The Morgan fingerprint density at radius 2 is 2.54 bits per heavy atom. The highest BCUT2D eigenvalue weighted by Crippen LogP contribution is 2.11. The summed E-state index contributed by atoms with van der Waals surface area (Å²) in [5, 5.41) is 2.86. The van der Waals surface area contributed by atoms with Gasteiger partial charge in [-0.3, -0.25) is 4.79 Å². The van der Waals surface area contributed by atoms with Crippen molar-refractivity contribution in [1.29, 1.82) is 0 Å². The van der Waals surface area contributed by atoms with Crippen molar-refractivity contribution in [3.05, 3.63) is 12.3 Å². The Bertz CT molecular complexity index is 181. The highest BCUT2D eigenvalue weighted by atomic mass is 16.5. The molecular formula is C10H17NO2. The molecule has 1 aliphatic heterocycles. The summed E-state index contributed by atoms with van der Waals surface area (Å²) in [5.41, 5.74) is 0. The van der Waals surface area contributed by atoms with Gasteiger partial charge in [-0.05, 0) is 12.5 Å². The molecule has 0 saturated heterocycles. The van der Waals surface area contributed by atoms with Gasteiger partial charge in [-0.2, -0.15) is 0 Å². The molecule has 1 amide bonds. The zero-order valence-electron chi connectivity index (χ0n) is 8.08. The number of hydrogen-bond donors (Lipinski definition) is 1. The topological polar surface area (TPSA) is 38.3 Å². The predicted octanol–water partition coefficient (Wildman–Crippen LogP) is 1.60. The number of nitrogens with one attached hydrogen (secondary N) is 1. The standard InChI is InChI=1S/C10H17NO2/c1-2-3-6-11-10(12)8-9-5-4-7-13-9/h4,7,9H,2-3,5-6,8H2,1H3,(H,11,12). The van der Waals surface area contributed by atoms with Crippen molar-refractivity contribution in [2.24, 2.45) is 0 Å². The van der Waals surface area contributed by atoms with Crippen molar-refractivity contribution in [3.63, 3.8) is 0 Å². The Morgan fingerprint density at radius 3 is 3.15 bits per heavy atom. The molecule has 0 aliphatic carbocycles. The monoisotopic (exact) mass is 183 g/mol. The maximum absolute atomic E-state index is 11.3. The first kappa shape index (κ1) is 10.1. The van der Waals surface area contributed by atoms with E-state index in [9.17, 15) is 4.79 Å². The Hall–Kier alpha value is -0.990. The van der Waals surface area contributed by atoms with E-state index in [1.165, 1.54) is 0 Å². The maximum atomic E-state index is 11.3. The molecule has 1 N–H and O–H groups in total. The van der Waals surface area contributed by atoms with Crippen LogP contribution in [0.1, 0.15) is 32.6 Å². The van der Waals surface area contributed by atoms with E-state index in [1.54, 1.807) is 6.26 Å². The van der Waals surface area contributed by atoms with Gasteiger partial charge in [-0.15, -0.1) is 0 Å². The van der Waals surface area contributed by atoms with Crippen molar-refractivity contribution in [1.82, 2.24) is 5.32 Å². The smallest absolute Gasteiger partial charge is 0.223 e. The molecule has 1 unspecified atom stereocenters. The molecule has 1 aliphatic rings. The van der Waals surface area contributed by atoms with Gasteiger partial charge < -0.3 is 10.1 Å². The van der Waals surface area contributed by atoms with Gasteiger partial charge in [0.2, 0.25) is 5.91 Å². The molecule has 3 nitrogen and oxygen atoms in total. The molecule has 0 aromatic carbocycles. The normalized spacial score (nSPS) is 19.9. The lowest BCUT2D eigenvalue weighted by atomic mass is 10.2. The van der Waals surface area contributed by atoms with Gasteiger partial charge in [0.15, 0.2) is 0 Å². The lowest BCUT2D eigenvalue weighted by molar-refractivity contribution is -0.122. The summed E-state index contributed by atoms with van der Waals surface area (Å²) in [5.74, 6) is 0.0992. The van der Waals surface area contributed by atoms with Crippen LogP contribution >= 0.6 is 0 Å². The van der Waals surface area contributed by atoms with Crippen LogP contribution in [-0.4, -0.2) is 18.6 Å². The van der Waals surface area contributed by atoms with Crippen LogP contribution in [0.3, 0.4) is 0 Å². The summed E-state index contributed by atoms with van der Waals surface area (Å²) in [6, 6.07) is 0. The average molecular weight is 183 g/mol. The van der Waals surface area contributed by atoms with Crippen LogP contribution in [-0.2, 0) is 9.53 Å². The molecule has 0 fully saturated rings. The Morgan fingerprint density at radius 1 is 1.69 bits per heavy atom. The molecule has 0 aromatic heterocycles. The maximum Gasteiger partial charge on any atom is 0.223 e. The zero-order valence-corrected chi connectivity index (χ0v) is 8.08. The van der Waals surface area contributed by atoms with Gasteiger partial charge >= 0.3 is 0 Å². The lowest BCUT2D eigenvalue weighted by Crippen LogP contribution is -2.27. The quantitative estimate of drug-likeness (QED) is 0.657. The average Bonchev–Trinajstić information content (AvgIpc) is 2.57. The minimum absolute atomic E-state index is 0.0710. The van der Waals surface area contributed by atoms with E-state index >= 15 is 0 Å². The minimum atomic E-state index is 0.0710. The van der Waals surface area contributed by atoms with Crippen LogP contribution in [0.15, 0.2) is 12.3 Å². The Kier molecular flexibility index (Phi) is 4.36. The van der Waals surface area contributed by atoms with Crippen LogP contribution in [0.5, 0.6) is 0 Å². The second-order valence-electron chi connectivity index (χ2n) is 3.27. The number of hydrogen-bond acceptors (Lipinski definition) is 2. The first-order valence-corrected chi connectivity index (χ1v) is 4.90. The largest absolute Gasteiger partial charge is 0.498 e. The third-order valence-electron chi connectivity index (χ3n) is 2.03. The molecule has 0 aromatic rings. The van der Waals surface area contributed by atoms with E-state index in [0.717, 1.165) is 25.8 Å². The lowest BCUT2D eigenvalue weighted by Gasteiger charge is -2.09. The number of amides is 1. The first-order valence-electron chi connectivity index (χ1n) is 4.90. The van der Waals surface area contributed by atoms with E-state index in [-0.39, 0.29) is 12.0 Å². The summed E-state index contributed by atoms with van der Waals surface area (Å²) in [7, 11) is 0. The van der Waals surface area contributed by atoms with E-state index in [0.29, 0.717) is 6.42 Å². The number of carbonyl (C=O) groups excluding carboxylic acids is 1. The van der Waals surface area contributed by atoms with Gasteiger partial charge in [0, 0.05) is 13.0 Å². The zero-order chi connectivity index (χ0) is 9.52. The van der Waals surface area contributed by atoms with Crippen LogP contribution < -0.4 is 5.32 Å². The fourth-order valence-electron chi connectivity index (χ4n) is 1.24. The van der Waals surface area contributed by atoms with Gasteiger partial charge in [0.1, 0.15) is 6.10 Å². The summed E-state index contributed by atoms with van der Waals surface area (Å²) in [4.78, 5) is 11.3. The van der Waals surface area contributed by atoms with E-state index < -0.39 is 0 Å². The highest BCUT2D eigenvalue weighted by Gasteiger charge is 2.15. The minimum Gasteiger partial charge on any atom is -0.498 e. The molecule has 3 heteroatoms. The second-order valence-corrected chi connectivity index (χ2v) is 3.27. The van der Waals surface area contributed by atoms with Crippen LogP contribution in [0.2, 0.25) is 0 Å². The van der Waals surface area contributed by atoms with E-state index in [2.05, 4.69) is 12.2 Å². The molecule has 1 heterocycles. The van der Waals surface area contributed by atoms with Crippen LogP contribution in [0.25, 0.3) is 0 Å². The van der Waals surface area contributed by atoms with Gasteiger partial charge in [-0.25, -0.2) is 0 Å². The molecule has 1 rings (SSSR count). The molecule has 0 saturated carbocycles. The molecule has 0 spiro atoms. The van der Waals surface area contributed by atoms with Crippen LogP contribution in [0.4, 0.5) is 0 Å². The summed E-state index contributed by atoms with van der Waals surface area (Å²) >= 11 is 0. The van der Waals surface area contributed by atoms with Crippen molar-refractivity contribution in [2.45, 2.75) is 38.7 Å². The third-order valence-corrected chi connectivity index (χ3v) is 2.03. The molecule has 13 heavy (non-hydrogen) atoms. The van der Waals surface area contributed by atoms with Crippen LogP contribution in [0, 0.1) is 0 Å². The van der Waals surface area contributed by atoms with Gasteiger partial charge in [-0.1, -0.05) is 13.3 Å². The predicted molar refractivity (Wildman–Crippen MR) is 51.2 cm³/mol. The number of ether oxygens (including phenoxy) is 1. The number of carbonyl (C=O) groups is 1. The molecule has 1 atom stereocenters. The second kappa shape index (κ2) is 5.62. The van der Waals surface area contributed by atoms with Gasteiger partial charge in [0.05, 0.1) is 12.7 Å². The SMILES string of the molecule is CCCCNC(=O)CC1CC=CO1. The molecule has 0 radical (unpaired) electrons. The highest BCUT2D eigenvalue weighted by molar-refractivity contribution is 5.76. The molecule has 0 bridgehead atoms. The summed E-state index contributed by atoms with van der Waals surface area (Å²) < 4.78 is 5.19.